The molecule has 0 radical (unpaired) electrons. The molecule has 0 spiro atoms. The van der Waals surface area contributed by atoms with Crippen LogP contribution in [0, 0.1) is 12.8 Å². The highest BCUT2D eigenvalue weighted by Gasteiger charge is 2.43. The summed E-state index contributed by atoms with van der Waals surface area (Å²) < 4.78 is 0. The number of carbonyl (C=O) groups excluding carboxylic acids is 1. The van der Waals surface area contributed by atoms with Crippen LogP contribution in [0.1, 0.15) is 43.2 Å². The maximum absolute atomic E-state index is 12.4. The number of carbonyl (C=O) groups is 1. The van der Waals surface area contributed by atoms with Gasteiger partial charge in [0.15, 0.2) is 0 Å². The number of nitrogens with zero attached hydrogens (tertiary/aromatic N) is 1. The molecule has 3 nitrogen and oxygen atoms in total. The molecule has 0 bridgehead atoms. The van der Waals surface area contributed by atoms with E-state index in [2.05, 4.69) is 43.3 Å². The van der Waals surface area contributed by atoms with Crippen LogP contribution in [0.15, 0.2) is 30.3 Å². The van der Waals surface area contributed by atoms with Gasteiger partial charge in [-0.25, -0.2) is 0 Å². The second-order valence-electron chi connectivity index (χ2n) is 6.91. The fourth-order valence-electron chi connectivity index (χ4n) is 3.31. The summed E-state index contributed by atoms with van der Waals surface area (Å²) in [6.45, 7) is 3.80. The van der Waals surface area contributed by atoms with E-state index in [4.69, 9.17) is 5.73 Å². The minimum atomic E-state index is -0.537. The lowest BCUT2D eigenvalue weighted by Crippen LogP contribution is -2.60. The molecule has 1 aromatic rings. The van der Waals surface area contributed by atoms with Crippen molar-refractivity contribution >= 4 is 12.0 Å². The van der Waals surface area contributed by atoms with Crippen molar-refractivity contribution < 1.29 is 4.79 Å². The van der Waals surface area contributed by atoms with Crippen molar-refractivity contribution in [1.82, 2.24) is 4.90 Å². The number of likely N-dealkylation sites (tertiary alicyclic amines) is 1. The molecule has 0 unspecified atom stereocenters. The lowest BCUT2D eigenvalue weighted by atomic mass is 9.76. The highest BCUT2D eigenvalue weighted by Crippen LogP contribution is 2.32. The summed E-state index contributed by atoms with van der Waals surface area (Å²) in [6, 6.07) is 8.58. The quantitative estimate of drug-likeness (QED) is 0.932. The van der Waals surface area contributed by atoms with Crippen molar-refractivity contribution in [3.8, 4) is 0 Å². The normalized spacial score (nSPS) is 21.8. The van der Waals surface area contributed by atoms with Crippen LogP contribution in [0.3, 0.4) is 0 Å². The first-order valence-corrected chi connectivity index (χ1v) is 8.40. The monoisotopic (exact) mass is 298 g/mol. The minimum absolute atomic E-state index is 0.180. The second-order valence-corrected chi connectivity index (χ2v) is 6.91. The molecular weight excluding hydrogens is 272 g/mol. The maximum Gasteiger partial charge on any atom is 0.242 e. The van der Waals surface area contributed by atoms with Crippen LogP contribution in [0.2, 0.25) is 0 Å². The molecule has 22 heavy (non-hydrogen) atoms. The number of hydrogen-bond donors (Lipinski definition) is 1. The van der Waals surface area contributed by atoms with E-state index in [9.17, 15) is 4.79 Å². The zero-order chi connectivity index (χ0) is 15.6. The van der Waals surface area contributed by atoms with Gasteiger partial charge in [0.05, 0.1) is 5.54 Å². The second kappa shape index (κ2) is 6.25. The first-order valence-electron chi connectivity index (χ1n) is 8.40. The lowest BCUT2D eigenvalue weighted by molar-refractivity contribution is -0.141. The van der Waals surface area contributed by atoms with Gasteiger partial charge in [-0.15, -0.1) is 0 Å². The SMILES string of the molecule is Cc1ccc(C=CC2CCN(C(=O)C3(N)CCC3)CC2)cc1. The Morgan fingerprint density at radius 1 is 1.23 bits per heavy atom. The summed E-state index contributed by atoms with van der Waals surface area (Å²) in [7, 11) is 0. The van der Waals surface area contributed by atoms with Crippen molar-refractivity contribution in [2.45, 2.75) is 44.6 Å². The zero-order valence-corrected chi connectivity index (χ0v) is 13.4. The third-order valence-electron chi connectivity index (χ3n) is 5.14. The molecule has 1 saturated heterocycles. The van der Waals surface area contributed by atoms with E-state index in [1.54, 1.807) is 0 Å². The number of benzene rings is 1. The van der Waals surface area contributed by atoms with Gasteiger partial charge in [0, 0.05) is 13.1 Å². The van der Waals surface area contributed by atoms with Crippen molar-refractivity contribution in [2.75, 3.05) is 13.1 Å². The van der Waals surface area contributed by atoms with Crippen molar-refractivity contribution in [2.24, 2.45) is 11.7 Å². The zero-order valence-electron chi connectivity index (χ0n) is 13.4. The van der Waals surface area contributed by atoms with E-state index < -0.39 is 5.54 Å². The van der Waals surface area contributed by atoms with Gasteiger partial charge in [-0.05, 0) is 50.5 Å². The first-order chi connectivity index (χ1) is 10.6. The van der Waals surface area contributed by atoms with Gasteiger partial charge in [-0.3, -0.25) is 4.79 Å². The number of amides is 1. The molecule has 1 amide bonds. The smallest absolute Gasteiger partial charge is 0.242 e. The standard InChI is InChI=1S/C19H26N2O/c1-15-3-5-16(6-4-15)7-8-17-9-13-21(14-10-17)18(22)19(20)11-2-12-19/h3-8,17H,2,9-14,20H2,1H3. The van der Waals surface area contributed by atoms with Gasteiger partial charge in [0.25, 0.3) is 0 Å². The molecule has 1 heterocycles. The van der Waals surface area contributed by atoms with Gasteiger partial charge in [-0.1, -0.05) is 42.0 Å². The molecule has 3 heteroatoms. The number of aryl methyl sites for hydroxylation is 1. The Hall–Kier alpha value is -1.61. The van der Waals surface area contributed by atoms with E-state index in [1.807, 2.05) is 4.90 Å². The molecule has 1 aromatic carbocycles. The topological polar surface area (TPSA) is 46.3 Å². The summed E-state index contributed by atoms with van der Waals surface area (Å²) in [4.78, 5) is 14.4. The molecule has 1 aliphatic heterocycles. The van der Waals surface area contributed by atoms with E-state index in [1.165, 1.54) is 11.1 Å². The maximum atomic E-state index is 12.4. The number of rotatable bonds is 3. The number of hydrogen-bond acceptors (Lipinski definition) is 2. The number of allylic oxidation sites excluding steroid dienone is 1. The molecule has 1 saturated carbocycles. The number of nitrogens with two attached hydrogens (primary N) is 1. The number of piperidine rings is 1. The van der Waals surface area contributed by atoms with Gasteiger partial charge >= 0.3 is 0 Å². The molecule has 0 aromatic heterocycles. The van der Waals surface area contributed by atoms with Crippen molar-refractivity contribution in [3.63, 3.8) is 0 Å². The van der Waals surface area contributed by atoms with Crippen LogP contribution < -0.4 is 5.73 Å². The summed E-state index contributed by atoms with van der Waals surface area (Å²) in [6.07, 6.45) is 9.41. The Bertz CT molecular complexity index is 549. The van der Waals surface area contributed by atoms with Crippen LogP contribution in [0.25, 0.3) is 6.08 Å². The Balaban J connectivity index is 1.51. The van der Waals surface area contributed by atoms with Crippen LogP contribution in [0.5, 0.6) is 0 Å². The Morgan fingerprint density at radius 2 is 1.86 bits per heavy atom. The lowest BCUT2D eigenvalue weighted by Gasteiger charge is -2.42. The van der Waals surface area contributed by atoms with Gasteiger partial charge in [0.2, 0.25) is 5.91 Å². The van der Waals surface area contributed by atoms with Crippen LogP contribution in [-0.2, 0) is 4.79 Å². The van der Waals surface area contributed by atoms with Gasteiger partial charge < -0.3 is 10.6 Å². The Kier molecular flexibility index (Phi) is 4.34. The molecular formula is C19H26N2O. The minimum Gasteiger partial charge on any atom is -0.341 e. The average molecular weight is 298 g/mol. The van der Waals surface area contributed by atoms with E-state index in [0.29, 0.717) is 5.92 Å². The Labute approximate surface area is 133 Å². The third-order valence-corrected chi connectivity index (χ3v) is 5.14. The Morgan fingerprint density at radius 3 is 2.41 bits per heavy atom. The molecule has 2 fully saturated rings. The summed E-state index contributed by atoms with van der Waals surface area (Å²) in [5.41, 5.74) is 8.15. The van der Waals surface area contributed by atoms with E-state index in [0.717, 1.165) is 45.2 Å². The highest BCUT2D eigenvalue weighted by molar-refractivity contribution is 5.87. The van der Waals surface area contributed by atoms with Crippen LogP contribution in [0.4, 0.5) is 0 Å². The van der Waals surface area contributed by atoms with Crippen LogP contribution >= 0.6 is 0 Å². The molecule has 3 rings (SSSR count). The molecule has 0 atom stereocenters. The third kappa shape index (κ3) is 3.25. The highest BCUT2D eigenvalue weighted by atomic mass is 16.2. The average Bonchev–Trinajstić information content (AvgIpc) is 2.52. The predicted molar refractivity (Wildman–Crippen MR) is 90.3 cm³/mol. The molecule has 2 N–H and O–H groups in total. The summed E-state index contributed by atoms with van der Waals surface area (Å²) in [5, 5.41) is 0. The van der Waals surface area contributed by atoms with E-state index in [-0.39, 0.29) is 5.91 Å². The molecule has 118 valence electrons. The van der Waals surface area contributed by atoms with Gasteiger partial charge in [0.1, 0.15) is 0 Å². The van der Waals surface area contributed by atoms with Crippen LogP contribution in [-0.4, -0.2) is 29.4 Å². The van der Waals surface area contributed by atoms with E-state index >= 15 is 0 Å². The predicted octanol–water partition coefficient (Wildman–Crippen LogP) is 3.13. The summed E-state index contributed by atoms with van der Waals surface area (Å²) >= 11 is 0. The summed E-state index contributed by atoms with van der Waals surface area (Å²) in [5.74, 6) is 0.750. The molecule has 1 aliphatic carbocycles. The van der Waals surface area contributed by atoms with Gasteiger partial charge in [-0.2, -0.15) is 0 Å². The van der Waals surface area contributed by atoms with Crippen molar-refractivity contribution in [1.29, 1.82) is 0 Å². The fourth-order valence-corrected chi connectivity index (χ4v) is 3.31. The van der Waals surface area contributed by atoms with Crippen molar-refractivity contribution in [3.05, 3.63) is 41.5 Å². The largest absolute Gasteiger partial charge is 0.341 e. The first kappa shape index (κ1) is 15.3. The fraction of sp³-hybridized carbons (Fsp3) is 0.526. The molecule has 2 aliphatic rings.